The number of nitrogens with one attached hydrogen (secondary N) is 2. The number of rotatable bonds is 3. The number of hydrogen-bond acceptors (Lipinski definition) is 3. The third-order valence-electron chi connectivity index (χ3n) is 4.74. The zero-order valence-electron chi connectivity index (χ0n) is 12.4. The highest BCUT2D eigenvalue weighted by Gasteiger charge is 2.34. The molecule has 0 aliphatic carbocycles. The summed E-state index contributed by atoms with van der Waals surface area (Å²) >= 11 is 0. The maximum Gasteiger partial charge on any atom is 0.251 e. The van der Waals surface area contributed by atoms with Crippen molar-refractivity contribution < 1.29 is 4.79 Å². The van der Waals surface area contributed by atoms with Crippen molar-refractivity contribution in [3.05, 3.63) is 48.5 Å². The van der Waals surface area contributed by atoms with E-state index >= 15 is 0 Å². The molecule has 1 aromatic carbocycles. The second-order valence-electron chi connectivity index (χ2n) is 6.30. The lowest BCUT2D eigenvalue weighted by atomic mass is 9.99. The van der Waals surface area contributed by atoms with Gasteiger partial charge in [-0.2, -0.15) is 0 Å². The van der Waals surface area contributed by atoms with Gasteiger partial charge in [-0.25, -0.2) is 4.98 Å². The highest BCUT2D eigenvalue weighted by molar-refractivity contribution is 5.94. The Bertz CT molecular complexity index is 638. The van der Waals surface area contributed by atoms with E-state index in [-0.39, 0.29) is 5.91 Å². The van der Waals surface area contributed by atoms with Crippen LogP contribution in [0.25, 0.3) is 5.69 Å². The standard InChI is InChI=1S/C17H20N4O/c22-17(20-15-9-13-3-4-14(10-15)19-13)12-1-5-16(6-2-12)21-8-7-18-11-21/h1-2,5-8,11,13-15,19H,3-4,9-10H2,(H,20,22). The first-order valence-electron chi connectivity index (χ1n) is 7.93. The molecule has 2 unspecified atom stereocenters. The van der Waals surface area contributed by atoms with Gasteiger partial charge in [0.05, 0.1) is 6.33 Å². The van der Waals surface area contributed by atoms with Gasteiger partial charge >= 0.3 is 0 Å². The number of fused-ring (bicyclic) bond motifs is 2. The van der Waals surface area contributed by atoms with Crippen LogP contribution in [-0.4, -0.2) is 33.6 Å². The number of carbonyl (C=O) groups is 1. The molecule has 2 aliphatic heterocycles. The average Bonchev–Trinajstić information content (AvgIpc) is 3.17. The summed E-state index contributed by atoms with van der Waals surface area (Å²) in [6, 6.07) is 9.13. The van der Waals surface area contributed by atoms with E-state index in [1.807, 2.05) is 35.0 Å². The molecule has 2 atom stereocenters. The molecule has 2 saturated heterocycles. The predicted octanol–water partition coefficient (Wildman–Crippen LogP) is 1.89. The van der Waals surface area contributed by atoms with Crippen LogP contribution < -0.4 is 10.6 Å². The number of piperidine rings is 1. The summed E-state index contributed by atoms with van der Waals surface area (Å²) in [5.41, 5.74) is 1.73. The van der Waals surface area contributed by atoms with Crippen molar-refractivity contribution in [3.63, 3.8) is 0 Å². The Balaban J connectivity index is 1.42. The van der Waals surface area contributed by atoms with Crippen LogP contribution in [0.5, 0.6) is 0 Å². The number of benzene rings is 1. The molecule has 2 aromatic rings. The van der Waals surface area contributed by atoms with E-state index < -0.39 is 0 Å². The quantitative estimate of drug-likeness (QED) is 0.909. The second kappa shape index (κ2) is 5.57. The Morgan fingerprint density at radius 2 is 1.91 bits per heavy atom. The van der Waals surface area contributed by atoms with Crippen molar-refractivity contribution >= 4 is 5.91 Å². The van der Waals surface area contributed by atoms with Crippen LogP contribution in [0, 0.1) is 0 Å². The van der Waals surface area contributed by atoms with Gasteiger partial charge in [0, 0.05) is 41.8 Å². The molecule has 4 rings (SSSR count). The van der Waals surface area contributed by atoms with E-state index in [2.05, 4.69) is 15.6 Å². The van der Waals surface area contributed by atoms with Gasteiger partial charge in [-0.3, -0.25) is 4.79 Å². The van der Waals surface area contributed by atoms with Crippen molar-refractivity contribution in [3.8, 4) is 5.69 Å². The van der Waals surface area contributed by atoms with Crippen LogP contribution in [0.15, 0.2) is 43.0 Å². The molecule has 0 radical (unpaired) electrons. The Kier molecular flexibility index (Phi) is 3.42. The molecule has 0 spiro atoms. The number of nitrogens with zero attached hydrogens (tertiary/aromatic N) is 2. The second-order valence-corrected chi connectivity index (χ2v) is 6.30. The normalized spacial score (nSPS) is 26.8. The van der Waals surface area contributed by atoms with Crippen LogP contribution in [0.4, 0.5) is 0 Å². The van der Waals surface area contributed by atoms with Crippen LogP contribution in [0.3, 0.4) is 0 Å². The molecule has 5 heteroatoms. The Labute approximate surface area is 129 Å². The summed E-state index contributed by atoms with van der Waals surface area (Å²) in [5.74, 6) is 0.0310. The van der Waals surface area contributed by atoms with E-state index in [1.54, 1.807) is 12.5 Å². The first-order valence-corrected chi connectivity index (χ1v) is 7.93. The van der Waals surface area contributed by atoms with E-state index in [4.69, 9.17) is 0 Å². The van der Waals surface area contributed by atoms with Crippen molar-refractivity contribution in [2.45, 2.75) is 43.8 Å². The summed E-state index contributed by atoms with van der Waals surface area (Å²) < 4.78 is 1.92. The third kappa shape index (κ3) is 2.64. The lowest BCUT2D eigenvalue weighted by molar-refractivity contribution is 0.0924. The van der Waals surface area contributed by atoms with Crippen LogP contribution >= 0.6 is 0 Å². The molecule has 2 bridgehead atoms. The van der Waals surface area contributed by atoms with E-state index in [0.29, 0.717) is 18.1 Å². The monoisotopic (exact) mass is 296 g/mol. The molecule has 114 valence electrons. The van der Waals surface area contributed by atoms with Crippen molar-refractivity contribution in [2.75, 3.05) is 0 Å². The molecule has 0 saturated carbocycles. The van der Waals surface area contributed by atoms with Crippen LogP contribution in [-0.2, 0) is 0 Å². The minimum absolute atomic E-state index is 0.0310. The fourth-order valence-electron chi connectivity index (χ4n) is 3.64. The molecule has 5 nitrogen and oxygen atoms in total. The minimum atomic E-state index is 0.0310. The minimum Gasteiger partial charge on any atom is -0.349 e. The number of aromatic nitrogens is 2. The number of amides is 1. The Hall–Kier alpha value is -2.14. The summed E-state index contributed by atoms with van der Waals surface area (Å²) in [5, 5.41) is 6.79. The highest BCUT2D eigenvalue weighted by atomic mass is 16.1. The van der Waals surface area contributed by atoms with Gasteiger partial charge in [0.1, 0.15) is 0 Å². The smallest absolute Gasteiger partial charge is 0.251 e. The summed E-state index contributed by atoms with van der Waals surface area (Å²) in [6.07, 6.45) is 9.98. The first-order chi connectivity index (χ1) is 10.8. The lowest BCUT2D eigenvalue weighted by Crippen LogP contribution is -2.48. The van der Waals surface area contributed by atoms with Gasteiger partial charge in [-0.1, -0.05) is 0 Å². The summed E-state index contributed by atoms with van der Waals surface area (Å²) in [7, 11) is 0. The fourth-order valence-corrected chi connectivity index (χ4v) is 3.64. The van der Waals surface area contributed by atoms with Crippen LogP contribution in [0.2, 0.25) is 0 Å². The largest absolute Gasteiger partial charge is 0.349 e. The van der Waals surface area contributed by atoms with Gasteiger partial charge in [0.15, 0.2) is 0 Å². The van der Waals surface area contributed by atoms with Crippen LogP contribution in [0.1, 0.15) is 36.0 Å². The SMILES string of the molecule is O=C(NC1CC2CCC(C1)N2)c1ccc(-n2ccnc2)cc1. The zero-order valence-corrected chi connectivity index (χ0v) is 12.4. The maximum atomic E-state index is 12.4. The van der Waals surface area contributed by atoms with Gasteiger partial charge in [-0.05, 0) is 49.9 Å². The molecular formula is C17H20N4O. The zero-order chi connectivity index (χ0) is 14.9. The predicted molar refractivity (Wildman–Crippen MR) is 84.0 cm³/mol. The summed E-state index contributed by atoms with van der Waals surface area (Å²) in [6.45, 7) is 0. The first kappa shape index (κ1) is 13.5. The van der Waals surface area contributed by atoms with Crippen molar-refractivity contribution in [1.82, 2.24) is 20.2 Å². The van der Waals surface area contributed by atoms with E-state index in [0.717, 1.165) is 24.1 Å². The molecule has 22 heavy (non-hydrogen) atoms. The van der Waals surface area contributed by atoms with Gasteiger partial charge in [0.25, 0.3) is 5.91 Å². The van der Waals surface area contributed by atoms with Gasteiger partial charge < -0.3 is 15.2 Å². The topological polar surface area (TPSA) is 59.0 Å². The van der Waals surface area contributed by atoms with Crippen molar-refractivity contribution in [2.24, 2.45) is 0 Å². The lowest BCUT2D eigenvalue weighted by Gasteiger charge is -2.29. The molecule has 2 fully saturated rings. The summed E-state index contributed by atoms with van der Waals surface area (Å²) in [4.78, 5) is 16.4. The van der Waals surface area contributed by atoms with Gasteiger partial charge in [-0.15, -0.1) is 0 Å². The fraction of sp³-hybridized carbons (Fsp3) is 0.412. The van der Waals surface area contributed by atoms with Crippen molar-refractivity contribution in [1.29, 1.82) is 0 Å². The number of carbonyl (C=O) groups excluding carboxylic acids is 1. The third-order valence-corrected chi connectivity index (χ3v) is 4.74. The molecule has 2 aliphatic rings. The Morgan fingerprint density at radius 3 is 2.55 bits per heavy atom. The van der Waals surface area contributed by atoms with Gasteiger partial charge in [0.2, 0.25) is 0 Å². The average molecular weight is 296 g/mol. The molecule has 1 amide bonds. The molecule has 2 N–H and O–H groups in total. The molecule has 3 heterocycles. The van der Waals surface area contributed by atoms with E-state index in [9.17, 15) is 4.79 Å². The molecular weight excluding hydrogens is 276 g/mol. The maximum absolute atomic E-state index is 12.4. The number of hydrogen-bond donors (Lipinski definition) is 2. The molecule has 1 aromatic heterocycles. The van der Waals surface area contributed by atoms with E-state index in [1.165, 1.54) is 12.8 Å². The number of imidazole rings is 1. The highest BCUT2D eigenvalue weighted by Crippen LogP contribution is 2.26. The Morgan fingerprint density at radius 1 is 1.18 bits per heavy atom.